The second-order valence-corrected chi connectivity index (χ2v) is 4.71. The van der Waals surface area contributed by atoms with E-state index in [1.165, 1.54) is 16.7 Å². The summed E-state index contributed by atoms with van der Waals surface area (Å²) in [5, 5.41) is 0. The summed E-state index contributed by atoms with van der Waals surface area (Å²) in [7, 11) is 0. The van der Waals surface area contributed by atoms with Crippen LogP contribution in [0.3, 0.4) is 0 Å². The van der Waals surface area contributed by atoms with Crippen molar-refractivity contribution in [2.24, 2.45) is 0 Å². The average Bonchev–Trinajstić information content (AvgIpc) is 2.80. The molecule has 0 atom stereocenters. The number of rotatable bonds is 3. The molecule has 0 fully saturated rings. The Morgan fingerprint density at radius 3 is 2.00 bits per heavy atom. The van der Waals surface area contributed by atoms with Crippen LogP contribution in [0.15, 0.2) is 54.6 Å². The normalized spacial score (nSPS) is 14.8. The van der Waals surface area contributed by atoms with Crippen molar-refractivity contribution in [3.8, 4) is 0 Å². The number of fused-ring (bicyclic) bond motifs is 1. The average molecular weight is 223 g/mol. The lowest BCUT2D eigenvalue weighted by Gasteiger charge is -2.14. The summed E-state index contributed by atoms with van der Waals surface area (Å²) in [6, 6.07) is 19.5. The maximum atomic E-state index is 2.53. The van der Waals surface area contributed by atoms with Gasteiger partial charge in [-0.1, -0.05) is 54.6 Å². The molecule has 0 unspecified atom stereocenters. The van der Waals surface area contributed by atoms with Crippen molar-refractivity contribution in [2.75, 3.05) is 6.54 Å². The van der Waals surface area contributed by atoms with E-state index >= 15 is 0 Å². The molecule has 0 saturated heterocycles. The minimum Gasteiger partial charge on any atom is -0.294 e. The Labute approximate surface area is 103 Å². The fourth-order valence-electron chi connectivity index (χ4n) is 2.49. The maximum Gasteiger partial charge on any atom is 0.0240 e. The molecule has 2 aromatic rings. The number of benzene rings is 2. The van der Waals surface area contributed by atoms with Crippen molar-refractivity contribution in [1.29, 1.82) is 0 Å². The van der Waals surface area contributed by atoms with E-state index in [4.69, 9.17) is 0 Å². The predicted molar refractivity (Wildman–Crippen MR) is 70.7 cm³/mol. The molecule has 0 radical (unpaired) electrons. The SMILES string of the molecule is c1ccc(CCN2Cc3ccccc3C2)cc1. The predicted octanol–water partition coefficient (Wildman–Crippen LogP) is 3.24. The van der Waals surface area contributed by atoms with Crippen molar-refractivity contribution in [3.63, 3.8) is 0 Å². The second kappa shape index (κ2) is 4.72. The highest BCUT2D eigenvalue weighted by Gasteiger charge is 2.17. The van der Waals surface area contributed by atoms with Gasteiger partial charge in [0.1, 0.15) is 0 Å². The molecular formula is C16H17N. The van der Waals surface area contributed by atoms with Crippen molar-refractivity contribution in [2.45, 2.75) is 19.5 Å². The Morgan fingerprint density at radius 2 is 1.35 bits per heavy atom. The van der Waals surface area contributed by atoms with Crippen molar-refractivity contribution in [3.05, 3.63) is 71.3 Å². The van der Waals surface area contributed by atoms with Gasteiger partial charge in [0, 0.05) is 19.6 Å². The van der Waals surface area contributed by atoms with Crippen LogP contribution < -0.4 is 0 Å². The first-order valence-electron chi connectivity index (χ1n) is 6.25. The molecule has 1 aliphatic rings. The van der Waals surface area contributed by atoms with Gasteiger partial charge in [0.2, 0.25) is 0 Å². The van der Waals surface area contributed by atoms with Gasteiger partial charge in [0.25, 0.3) is 0 Å². The monoisotopic (exact) mass is 223 g/mol. The molecule has 0 spiro atoms. The highest BCUT2D eigenvalue weighted by atomic mass is 15.1. The summed E-state index contributed by atoms with van der Waals surface area (Å²) in [4.78, 5) is 2.53. The third-order valence-corrected chi connectivity index (χ3v) is 3.47. The van der Waals surface area contributed by atoms with Gasteiger partial charge in [-0.3, -0.25) is 4.90 Å². The summed E-state index contributed by atoms with van der Waals surface area (Å²) in [6.45, 7) is 3.38. The minimum absolute atomic E-state index is 1.11. The number of hydrogen-bond donors (Lipinski definition) is 0. The standard InChI is InChI=1S/C16H17N/c1-2-6-14(7-3-1)10-11-17-12-15-8-4-5-9-16(15)13-17/h1-9H,10-13H2. The Kier molecular flexibility index (Phi) is 2.93. The Balaban J connectivity index is 1.59. The van der Waals surface area contributed by atoms with Gasteiger partial charge >= 0.3 is 0 Å². The van der Waals surface area contributed by atoms with Crippen LogP contribution in [-0.2, 0) is 19.5 Å². The fourth-order valence-corrected chi connectivity index (χ4v) is 2.49. The molecule has 0 bridgehead atoms. The minimum atomic E-state index is 1.11. The van der Waals surface area contributed by atoms with Crippen molar-refractivity contribution in [1.82, 2.24) is 4.90 Å². The molecule has 3 rings (SSSR count). The third kappa shape index (κ3) is 2.40. The van der Waals surface area contributed by atoms with Gasteiger partial charge in [0.05, 0.1) is 0 Å². The van der Waals surface area contributed by atoms with Gasteiger partial charge in [-0.25, -0.2) is 0 Å². The first-order chi connectivity index (χ1) is 8.42. The van der Waals surface area contributed by atoms with E-state index in [0.717, 1.165) is 26.1 Å². The lowest BCUT2D eigenvalue weighted by molar-refractivity contribution is 0.288. The molecule has 0 amide bonds. The number of nitrogens with zero attached hydrogens (tertiary/aromatic N) is 1. The molecule has 1 heterocycles. The summed E-state index contributed by atoms with van der Waals surface area (Å²) < 4.78 is 0. The van der Waals surface area contributed by atoms with E-state index in [1.54, 1.807) is 0 Å². The van der Waals surface area contributed by atoms with Crippen LogP contribution in [0.4, 0.5) is 0 Å². The molecule has 0 saturated carbocycles. The lowest BCUT2D eigenvalue weighted by Crippen LogP contribution is -2.19. The molecule has 1 heteroatoms. The molecule has 2 aromatic carbocycles. The zero-order valence-corrected chi connectivity index (χ0v) is 9.97. The Bertz CT molecular complexity index is 465. The molecular weight excluding hydrogens is 206 g/mol. The maximum absolute atomic E-state index is 2.53. The molecule has 0 aromatic heterocycles. The smallest absolute Gasteiger partial charge is 0.0240 e. The van der Waals surface area contributed by atoms with Crippen molar-refractivity contribution >= 4 is 0 Å². The van der Waals surface area contributed by atoms with E-state index in [1.807, 2.05) is 0 Å². The lowest BCUT2D eigenvalue weighted by atomic mass is 10.1. The van der Waals surface area contributed by atoms with Crippen LogP contribution in [-0.4, -0.2) is 11.4 Å². The molecule has 17 heavy (non-hydrogen) atoms. The molecule has 0 aliphatic carbocycles. The van der Waals surface area contributed by atoms with E-state index in [9.17, 15) is 0 Å². The Hall–Kier alpha value is -1.60. The second-order valence-electron chi connectivity index (χ2n) is 4.71. The van der Waals surface area contributed by atoms with E-state index in [2.05, 4.69) is 59.5 Å². The van der Waals surface area contributed by atoms with Gasteiger partial charge < -0.3 is 0 Å². The molecule has 0 N–H and O–H groups in total. The summed E-state index contributed by atoms with van der Waals surface area (Å²) in [5.41, 5.74) is 4.43. The highest BCUT2D eigenvalue weighted by Crippen LogP contribution is 2.22. The van der Waals surface area contributed by atoms with Crippen LogP contribution >= 0.6 is 0 Å². The largest absolute Gasteiger partial charge is 0.294 e. The van der Waals surface area contributed by atoms with E-state index in [-0.39, 0.29) is 0 Å². The topological polar surface area (TPSA) is 3.24 Å². The van der Waals surface area contributed by atoms with Crippen LogP contribution in [0.5, 0.6) is 0 Å². The number of hydrogen-bond acceptors (Lipinski definition) is 1. The fraction of sp³-hybridized carbons (Fsp3) is 0.250. The highest BCUT2D eigenvalue weighted by molar-refractivity contribution is 5.30. The van der Waals surface area contributed by atoms with Gasteiger partial charge in [-0.05, 0) is 23.1 Å². The molecule has 86 valence electrons. The van der Waals surface area contributed by atoms with E-state index in [0.29, 0.717) is 0 Å². The van der Waals surface area contributed by atoms with Crippen LogP contribution in [0.25, 0.3) is 0 Å². The summed E-state index contributed by atoms with van der Waals surface area (Å²) in [6.07, 6.45) is 1.15. The zero-order chi connectivity index (χ0) is 11.5. The third-order valence-electron chi connectivity index (χ3n) is 3.47. The summed E-state index contributed by atoms with van der Waals surface area (Å²) >= 11 is 0. The Morgan fingerprint density at radius 1 is 0.765 bits per heavy atom. The van der Waals surface area contributed by atoms with Crippen LogP contribution in [0, 0.1) is 0 Å². The van der Waals surface area contributed by atoms with Crippen LogP contribution in [0.2, 0.25) is 0 Å². The first-order valence-corrected chi connectivity index (χ1v) is 6.25. The van der Waals surface area contributed by atoms with Crippen molar-refractivity contribution < 1.29 is 0 Å². The summed E-state index contributed by atoms with van der Waals surface area (Å²) in [5.74, 6) is 0. The van der Waals surface area contributed by atoms with Gasteiger partial charge in [0.15, 0.2) is 0 Å². The van der Waals surface area contributed by atoms with E-state index < -0.39 is 0 Å². The van der Waals surface area contributed by atoms with Gasteiger partial charge in [-0.2, -0.15) is 0 Å². The quantitative estimate of drug-likeness (QED) is 0.772. The van der Waals surface area contributed by atoms with Crippen LogP contribution in [0.1, 0.15) is 16.7 Å². The van der Waals surface area contributed by atoms with Gasteiger partial charge in [-0.15, -0.1) is 0 Å². The molecule has 1 nitrogen and oxygen atoms in total. The zero-order valence-electron chi connectivity index (χ0n) is 9.97. The first kappa shape index (κ1) is 10.5. The molecule has 1 aliphatic heterocycles.